The highest BCUT2D eigenvalue weighted by Crippen LogP contribution is 2.09. The Labute approximate surface area is 102 Å². The molecule has 0 amide bonds. The van der Waals surface area contributed by atoms with Crippen molar-refractivity contribution in [1.29, 1.82) is 0 Å². The van der Waals surface area contributed by atoms with Gasteiger partial charge < -0.3 is 0 Å². The average Bonchev–Trinajstić information content (AvgIpc) is 2.28. The molecule has 0 saturated carbocycles. The molecule has 0 bridgehead atoms. The zero-order chi connectivity index (χ0) is 12.4. The average molecular weight is 252 g/mol. The first-order valence-electron chi connectivity index (χ1n) is 4.85. The number of hydrogen-bond acceptors (Lipinski definition) is 2. The van der Waals surface area contributed by atoms with Crippen LogP contribution in [-0.4, -0.2) is 5.91 Å². The van der Waals surface area contributed by atoms with Crippen LogP contribution in [-0.2, 0) is 0 Å². The normalized spacial score (nSPS) is 10.2. The van der Waals surface area contributed by atoms with E-state index in [1.54, 1.807) is 0 Å². The van der Waals surface area contributed by atoms with Crippen molar-refractivity contribution in [3.8, 4) is 0 Å². The van der Waals surface area contributed by atoms with Crippen LogP contribution in [0.15, 0.2) is 42.6 Å². The Morgan fingerprint density at radius 3 is 2.71 bits per heavy atom. The molecule has 0 spiro atoms. The molecule has 2 N–H and O–H groups in total. The summed E-state index contributed by atoms with van der Waals surface area (Å²) in [6.07, 6.45) is 1.45. The van der Waals surface area contributed by atoms with Crippen LogP contribution < -0.4 is 10.3 Å². The first-order valence-corrected chi connectivity index (χ1v) is 5.22. The van der Waals surface area contributed by atoms with E-state index in [9.17, 15) is 9.18 Å². The number of nitrogens with zero attached hydrogens (tertiary/aromatic N) is 1. The Bertz CT molecular complexity index is 586. The molecule has 0 fully saturated rings. The number of rotatable bonds is 1. The summed E-state index contributed by atoms with van der Waals surface area (Å²) >= 11 is 5.73. The third kappa shape index (κ3) is 2.42. The molecule has 0 atom stereocenters. The second-order valence-electron chi connectivity index (χ2n) is 3.46. The molecule has 0 aliphatic rings. The smallest absolute Gasteiger partial charge is 0.287 e. The lowest BCUT2D eigenvalue weighted by molar-refractivity contribution is -0.555. The number of aromatic nitrogens is 1. The molecule has 0 aliphatic carbocycles. The van der Waals surface area contributed by atoms with Crippen molar-refractivity contribution in [3.63, 3.8) is 0 Å². The minimum atomic E-state index is -0.469. The summed E-state index contributed by atoms with van der Waals surface area (Å²) < 4.78 is 14.2. The Kier molecular flexibility index (Phi) is 3.06. The molecule has 17 heavy (non-hydrogen) atoms. The molecular weight excluding hydrogens is 243 g/mol. The van der Waals surface area contributed by atoms with Crippen LogP contribution in [0.3, 0.4) is 0 Å². The molecule has 0 aliphatic heterocycles. The van der Waals surface area contributed by atoms with Crippen LogP contribution in [0.4, 0.5) is 10.2 Å². The number of nitrogen functional groups attached to an aromatic ring is 1. The first kappa shape index (κ1) is 11.5. The van der Waals surface area contributed by atoms with Gasteiger partial charge in [-0.2, -0.15) is 4.57 Å². The molecule has 0 unspecified atom stereocenters. The van der Waals surface area contributed by atoms with Crippen molar-refractivity contribution in [3.05, 3.63) is 59.0 Å². The highest BCUT2D eigenvalue weighted by molar-refractivity contribution is 6.30. The van der Waals surface area contributed by atoms with E-state index in [-0.39, 0.29) is 11.4 Å². The zero-order valence-electron chi connectivity index (χ0n) is 8.73. The van der Waals surface area contributed by atoms with E-state index in [4.69, 9.17) is 17.3 Å². The van der Waals surface area contributed by atoms with E-state index in [1.807, 2.05) is 0 Å². The molecule has 0 saturated heterocycles. The van der Waals surface area contributed by atoms with Gasteiger partial charge in [0.1, 0.15) is 12.0 Å². The second kappa shape index (κ2) is 4.51. The lowest BCUT2D eigenvalue weighted by Crippen LogP contribution is -2.45. The maximum atomic E-state index is 13.0. The predicted molar refractivity (Wildman–Crippen MR) is 62.2 cm³/mol. The predicted octanol–water partition coefficient (Wildman–Crippen LogP) is 2.04. The maximum Gasteiger partial charge on any atom is 0.345 e. The van der Waals surface area contributed by atoms with Crippen molar-refractivity contribution in [2.45, 2.75) is 0 Å². The molecule has 0 radical (unpaired) electrons. The number of benzene rings is 1. The van der Waals surface area contributed by atoms with Crippen LogP contribution in [0.2, 0.25) is 5.02 Å². The van der Waals surface area contributed by atoms with Crippen LogP contribution >= 0.6 is 11.6 Å². The van der Waals surface area contributed by atoms with Gasteiger partial charge in [-0.05, 0) is 24.3 Å². The number of carbonyl (C=O) groups excluding carboxylic acids is 1. The van der Waals surface area contributed by atoms with Crippen LogP contribution in [0, 0.1) is 5.82 Å². The summed E-state index contributed by atoms with van der Waals surface area (Å²) in [5, 5.41) is 0.436. The summed E-state index contributed by atoms with van der Waals surface area (Å²) in [4.78, 5) is 12.0. The van der Waals surface area contributed by atoms with Gasteiger partial charge in [0.25, 0.3) is 5.82 Å². The first-order chi connectivity index (χ1) is 8.08. The highest BCUT2D eigenvalue weighted by atomic mass is 35.5. The highest BCUT2D eigenvalue weighted by Gasteiger charge is 2.17. The third-order valence-electron chi connectivity index (χ3n) is 2.24. The monoisotopic (exact) mass is 251 g/mol. The Morgan fingerprint density at radius 2 is 2.06 bits per heavy atom. The second-order valence-corrected chi connectivity index (χ2v) is 3.89. The summed E-state index contributed by atoms with van der Waals surface area (Å²) in [6, 6.07) is 8.41. The largest absolute Gasteiger partial charge is 0.345 e. The van der Waals surface area contributed by atoms with Crippen molar-refractivity contribution in [2.75, 3.05) is 5.73 Å². The molecule has 1 heterocycles. The van der Waals surface area contributed by atoms with Gasteiger partial charge in [-0.25, -0.2) is 9.18 Å². The van der Waals surface area contributed by atoms with E-state index in [0.29, 0.717) is 5.02 Å². The summed E-state index contributed by atoms with van der Waals surface area (Å²) in [6.45, 7) is 0. The minimum Gasteiger partial charge on any atom is -0.287 e. The van der Waals surface area contributed by atoms with E-state index in [1.165, 1.54) is 41.1 Å². The van der Waals surface area contributed by atoms with Crippen molar-refractivity contribution in [1.82, 2.24) is 0 Å². The van der Waals surface area contributed by atoms with Gasteiger partial charge in [0.2, 0.25) is 0 Å². The van der Waals surface area contributed by atoms with Crippen LogP contribution in [0.1, 0.15) is 10.4 Å². The van der Waals surface area contributed by atoms with Gasteiger partial charge in [0.15, 0.2) is 0 Å². The minimum absolute atomic E-state index is 0.201. The van der Waals surface area contributed by atoms with Crippen molar-refractivity contribution >= 4 is 23.3 Å². The number of nitrogens with two attached hydrogens (primary N) is 1. The number of pyridine rings is 1. The number of carbonyl (C=O) groups is 1. The molecule has 86 valence electrons. The van der Waals surface area contributed by atoms with Gasteiger partial charge in [0.05, 0.1) is 10.6 Å². The van der Waals surface area contributed by atoms with Gasteiger partial charge >= 0.3 is 5.91 Å². The quantitative estimate of drug-likeness (QED) is 0.789. The van der Waals surface area contributed by atoms with E-state index in [2.05, 4.69) is 0 Å². The summed E-state index contributed by atoms with van der Waals surface area (Å²) in [5.74, 6) is -0.672. The lowest BCUT2D eigenvalue weighted by Gasteiger charge is -2.01. The Hall–Kier alpha value is -1.94. The van der Waals surface area contributed by atoms with Crippen LogP contribution in [0.5, 0.6) is 0 Å². The van der Waals surface area contributed by atoms with Gasteiger partial charge in [-0.1, -0.05) is 17.7 Å². The summed E-state index contributed by atoms with van der Waals surface area (Å²) in [7, 11) is 0. The van der Waals surface area contributed by atoms with Crippen LogP contribution in [0.25, 0.3) is 0 Å². The maximum absolute atomic E-state index is 13.0. The topological polar surface area (TPSA) is 47.0 Å². The molecule has 2 aromatic rings. The Morgan fingerprint density at radius 1 is 1.29 bits per heavy atom. The molecule has 5 heteroatoms. The number of halogens is 2. The fourth-order valence-electron chi connectivity index (χ4n) is 1.44. The van der Waals surface area contributed by atoms with E-state index in [0.717, 1.165) is 6.07 Å². The van der Waals surface area contributed by atoms with E-state index < -0.39 is 11.7 Å². The molecule has 1 aromatic carbocycles. The molecular formula is C12H9ClFN2O+. The fraction of sp³-hybridized carbons (Fsp3) is 0. The molecule has 1 aromatic heterocycles. The standard InChI is InChI=1S/C12H8ClFN2O/c13-9-4-5-16(11(15)7-9)12(17)8-2-1-3-10(14)6-8/h1-7,15H/p+1. The summed E-state index contributed by atoms with van der Waals surface area (Å²) in [5.41, 5.74) is 5.89. The molecule has 2 rings (SSSR count). The van der Waals surface area contributed by atoms with Gasteiger partial charge in [-0.3, -0.25) is 5.73 Å². The lowest BCUT2D eigenvalue weighted by atomic mass is 10.2. The zero-order valence-corrected chi connectivity index (χ0v) is 9.49. The fourth-order valence-corrected chi connectivity index (χ4v) is 1.60. The van der Waals surface area contributed by atoms with Crippen molar-refractivity contribution in [2.24, 2.45) is 0 Å². The van der Waals surface area contributed by atoms with E-state index >= 15 is 0 Å². The van der Waals surface area contributed by atoms with Crippen molar-refractivity contribution < 1.29 is 13.8 Å². The molecule has 3 nitrogen and oxygen atoms in total. The number of hydrogen-bond donors (Lipinski definition) is 1. The Balaban J connectivity index is 2.44. The third-order valence-corrected chi connectivity index (χ3v) is 2.47. The SMILES string of the molecule is Nc1cc(Cl)cc[n+]1C(=O)c1cccc(F)c1. The van der Waals surface area contributed by atoms with Gasteiger partial charge in [-0.15, -0.1) is 0 Å². The number of anilines is 1. The van der Waals surface area contributed by atoms with Gasteiger partial charge in [0, 0.05) is 6.07 Å².